The summed E-state index contributed by atoms with van der Waals surface area (Å²) in [5, 5.41) is 12.7. The maximum absolute atomic E-state index is 11.6. The molecule has 0 atom stereocenters. The number of carbonyl (C=O) groups excluding carboxylic acids is 2. The first-order valence-electron chi connectivity index (χ1n) is 5.66. The minimum atomic E-state index is -0.705. The summed E-state index contributed by atoms with van der Waals surface area (Å²) < 4.78 is 2.15. The molecule has 1 aliphatic carbocycles. The third kappa shape index (κ3) is 5.56. The first-order chi connectivity index (χ1) is 9.45. The van der Waals surface area contributed by atoms with E-state index in [1.54, 1.807) is 6.08 Å². The molecule has 0 unspecified atom stereocenters. The van der Waals surface area contributed by atoms with Gasteiger partial charge in [0, 0.05) is 0 Å². The average molecular weight is 676 g/mol. The first-order valence-corrected chi connectivity index (χ1v) is 9.38. The second kappa shape index (κ2) is 8.82. The fraction of sp³-hybridized carbons (Fsp3) is 0.333. The van der Waals surface area contributed by atoms with Gasteiger partial charge in [-0.15, -0.1) is 0 Å². The minimum absolute atomic E-state index is 0.0641. The van der Waals surface area contributed by atoms with Gasteiger partial charge in [-0.05, 0) is 0 Å². The van der Waals surface area contributed by atoms with Crippen molar-refractivity contribution in [3.63, 3.8) is 0 Å². The van der Waals surface area contributed by atoms with Crippen molar-refractivity contribution in [2.45, 2.75) is 19.3 Å². The summed E-state index contributed by atoms with van der Waals surface area (Å²) in [4.78, 5) is 23.2. The molecular weight excluding hydrogens is 666 g/mol. The molecule has 1 fully saturated rings. The zero-order chi connectivity index (χ0) is 15.1. The summed E-state index contributed by atoms with van der Waals surface area (Å²) in [6.07, 6.45) is 4.68. The zero-order valence-corrected chi connectivity index (χ0v) is 17.7. The Morgan fingerprint density at radius 3 is 2.55 bits per heavy atom. The van der Waals surface area contributed by atoms with Crippen LogP contribution in [0.15, 0.2) is 15.7 Å². The fourth-order valence-electron chi connectivity index (χ4n) is 1.54. The molecule has 1 aliphatic rings. The third-order valence-corrected chi connectivity index (χ3v) is 6.05. The van der Waals surface area contributed by atoms with Gasteiger partial charge in [-0.25, -0.2) is 0 Å². The number of halogens is 1. The van der Waals surface area contributed by atoms with Gasteiger partial charge in [0.25, 0.3) is 0 Å². The number of Topliss-reactive ketones (excluding diaryl/α,β-unsaturated/α-hetero) is 2. The number of nitrogens with zero attached hydrogens (tertiary/aromatic N) is 2. The molecule has 0 aliphatic heterocycles. The van der Waals surface area contributed by atoms with Crippen LogP contribution in [0, 0.1) is 17.2 Å². The molecule has 0 aromatic heterocycles. The molecule has 20 heavy (non-hydrogen) atoms. The van der Waals surface area contributed by atoms with E-state index in [4.69, 9.17) is 5.26 Å². The van der Waals surface area contributed by atoms with Crippen molar-refractivity contribution >= 4 is 41.6 Å². The number of allylic oxidation sites excluding steroid dienone is 1. The topological polar surface area (TPSA) is 82.3 Å². The van der Waals surface area contributed by atoms with E-state index in [-0.39, 0.29) is 11.6 Å². The van der Waals surface area contributed by atoms with Crippen LogP contribution in [0.3, 0.4) is 0 Å². The van der Waals surface area contributed by atoms with Gasteiger partial charge in [0.05, 0.1) is 0 Å². The van der Waals surface area contributed by atoms with Crippen molar-refractivity contribution in [3.05, 3.63) is 10.6 Å². The molecule has 0 amide bonds. The van der Waals surface area contributed by atoms with Gasteiger partial charge in [-0.1, -0.05) is 0 Å². The van der Waals surface area contributed by atoms with Gasteiger partial charge in [0.1, 0.15) is 0 Å². The summed E-state index contributed by atoms with van der Waals surface area (Å²) in [6, 6.07) is 2.07. The molecule has 0 bridgehead atoms. The molecule has 0 heterocycles. The van der Waals surface area contributed by atoms with Crippen LogP contribution in [-0.4, -0.2) is 25.7 Å². The number of hydrazone groups is 1. The second-order valence-electron chi connectivity index (χ2n) is 3.95. The molecule has 0 spiro atoms. The Hall–Kier alpha value is -0.363. The maximum atomic E-state index is 11.6. The SMILES string of the molecule is N#C[C](=[W])/C(Br)=C\[C](=[W])N/N=C/C1C(=O)CCCC1=O. The summed E-state index contributed by atoms with van der Waals surface area (Å²) in [7, 11) is 0. The quantitative estimate of drug-likeness (QED) is 0.265. The molecule has 104 valence electrons. The summed E-state index contributed by atoms with van der Waals surface area (Å²) in [5.41, 5.74) is 2.78. The molecule has 0 aromatic carbocycles. The van der Waals surface area contributed by atoms with E-state index in [1.807, 2.05) is 0 Å². The number of hydrogen-bond acceptors (Lipinski definition) is 5. The average Bonchev–Trinajstić information content (AvgIpc) is 2.41. The number of ketones is 2. The molecule has 5 nitrogen and oxygen atoms in total. The van der Waals surface area contributed by atoms with Crippen molar-refractivity contribution in [2.75, 3.05) is 0 Å². The molecule has 0 aromatic rings. The normalized spacial score (nSPS) is 17.1. The van der Waals surface area contributed by atoms with Gasteiger partial charge in [0.15, 0.2) is 0 Å². The molecule has 0 radical (unpaired) electrons. The summed E-state index contributed by atoms with van der Waals surface area (Å²) in [5.74, 6) is -0.833. The van der Waals surface area contributed by atoms with Crippen molar-refractivity contribution < 1.29 is 48.3 Å². The molecule has 1 rings (SSSR count). The predicted octanol–water partition coefficient (Wildman–Crippen LogP) is 0.698. The van der Waals surface area contributed by atoms with Crippen LogP contribution in [0.2, 0.25) is 0 Å². The molecule has 1 saturated carbocycles. The van der Waals surface area contributed by atoms with E-state index in [0.717, 1.165) is 42.7 Å². The van der Waals surface area contributed by atoms with Gasteiger partial charge < -0.3 is 0 Å². The first kappa shape index (κ1) is 17.7. The Bertz CT molecular complexity index is 548. The number of nitriles is 1. The van der Waals surface area contributed by atoms with Crippen molar-refractivity contribution in [2.24, 2.45) is 11.0 Å². The van der Waals surface area contributed by atoms with Crippen LogP contribution in [0.25, 0.3) is 0 Å². The van der Waals surface area contributed by atoms with E-state index < -0.39 is 5.92 Å². The van der Waals surface area contributed by atoms with Gasteiger partial charge >= 0.3 is 148 Å². The van der Waals surface area contributed by atoms with Gasteiger partial charge in [-0.2, -0.15) is 0 Å². The van der Waals surface area contributed by atoms with Gasteiger partial charge in [-0.3, -0.25) is 0 Å². The van der Waals surface area contributed by atoms with Gasteiger partial charge in [0.2, 0.25) is 0 Å². The number of hydrogen-bond donors (Lipinski definition) is 1. The molecule has 1 N–H and O–H groups in total. The van der Waals surface area contributed by atoms with Crippen molar-refractivity contribution in [1.82, 2.24) is 5.43 Å². The van der Waals surface area contributed by atoms with E-state index in [1.165, 1.54) is 6.21 Å². The van der Waals surface area contributed by atoms with Crippen LogP contribution in [0.5, 0.6) is 0 Å². The van der Waals surface area contributed by atoms with Crippen molar-refractivity contribution in [1.29, 1.82) is 5.26 Å². The zero-order valence-electron chi connectivity index (χ0n) is 10.3. The Kier molecular flexibility index (Phi) is 7.80. The van der Waals surface area contributed by atoms with Crippen molar-refractivity contribution in [3.8, 4) is 6.07 Å². The van der Waals surface area contributed by atoms with E-state index in [2.05, 4.69) is 32.5 Å². The summed E-state index contributed by atoms with van der Waals surface area (Å²) in [6.45, 7) is 0. The van der Waals surface area contributed by atoms with Crippen LogP contribution in [0.4, 0.5) is 0 Å². The van der Waals surface area contributed by atoms with E-state index in [9.17, 15) is 9.59 Å². The Morgan fingerprint density at radius 1 is 1.40 bits per heavy atom. The number of nitrogens with one attached hydrogen (secondary N) is 1. The molecule has 8 heteroatoms. The Labute approximate surface area is 146 Å². The number of rotatable bonds is 5. The molecular formula is C12H10BrN3O2W2. The third-order valence-electron chi connectivity index (χ3n) is 2.51. The predicted molar refractivity (Wildman–Crippen MR) is 71.6 cm³/mol. The summed E-state index contributed by atoms with van der Waals surface area (Å²) >= 11 is 5.52. The Balaban J connectivity index is 2.58. The van der Waals surface area contributed by atoms with Crippen LogP contribution < -0.4 is 5.43 Å². The Morgan fingerprint density at radius 2 is 2.00 bits per heavy atom. The fourth-order valence-corrected chi connectivity index (χ4v) is 3.28. The van der Waals surface area contributed by atoms with E-state index in [0.29, 0.717) is 27.6 Å². The monoisotopic (exact) mass is 675 g/mol. The number of carbonyl (C=O) groups is 2. The second-order valence-corrected chi connectivity index (χ2v) is 7.85. The standard InChI is InChI=1S/C12H10BrN3O2.2W/c13-9(4-6-14)5-7-15-16-8-10-11(17)2-1-3-12(10)18;;/h5,8,10,15H,1-3H2;;/b9-5+,16-8+;;. The van der Waals surface area contributed by atoms with Crippen LogP contribution in [0.1, 0.15) is 19.3 Å². The van der Waals surface area contributed by atoms with Crippen LogP contribution >= 0.6 is 15.9 Å². The van der Waals surface area contributed by atoms with Crippen LogP contribution in [-0.2, 0) is 48.3 Å². The molecule has 0 saturated heterocycles. The van der Waals surface area contributed by atoms with E-state index >= 15 is 0 Å².